The zero-order valence-corrected chi connectivity index (χ0v) is 13.0. The lowest BCUT2D eigenvalue weighted by Gasteiger charge is -2.08. The topological polar surface area (TPSA) is 73.1 Å². The van der Waals surface area contributed by atoms with E-state index in [4.69, 9.17) is 4.42 Å². The Morgan fingerprint density at radius 2 is 1.71 bits per heavy atom. The minimum absolute atomic E-state index is 0.136. The number of nitrogens with zero attached hydrogens (tertiary/aromatic N) is 2. The monoisotopic (exact) mass is 364 g/mol. The molecule has 0 saturated carbocycles. The summed E-state index contributed by atoms with van der Waals surface area (Å²) in [6.45, 7) is 0. The Kier molecular flexibility index (Phi) is 3.60. The molecule has 3 aromatic rings. The Labute approximate surface area is 129 Å². The summed E-state index contributed by atoms with van der Waals surface area (Å²) in [5.41, 5.74) is 0.387. The van der Waals surface area contributed by atoms with E-state index in [9.17, 15) is 8.42 Å². The molecule has 3 rings (SSSR count). The van der Waals surface area contributed by atoms with E-state index in [1.807, 2.05) is 0 Å². The first-order valence-corrected chi connectivity index (χ1v) is 8.23. The summed E-state index contributed by atoms with van der Waals surface area (Å²) in [5.74, 6) is 0.172. The molecule has 5 nitrogen and oxygen atoms in total. The maximum Gasteiger partial charge on any atom is 0.248 e. The highest BCUT2D eigenvalue weighted by molar-refractivity contribution is 9.10. The van der Waals surface area contributed by atoms with Crippen LogP contribution in [-0.2, 0) is 9.84 Å². The fraction of sp³-hybridized carbons (Fsp3) is 0. The van der Waals surface area contributed by atoms with Crippen LogP contribution in [-0.4, -0.2) is 18.6 Å². The second kappa shape index (κ2) is 5.42. The van der Waals surface area contributed by atoms with Gasteiger partial charge < -0.3 is 4.42 Å². The summed E-state index contributed by atoms with van der Waals surface area (Å²) in [7, 11) is -3.66. The minimum atomic E-state index is -3.66. The molecule has 0 unspecified atom stereocenters. The van der Waals surface area contributed by atoms with Crippen molar-refractivity contribution >= 4 is 25.8 Å². The zero-order valence-electron chi connectivity index (χ0n) is 10.6. The molecule has 0 amide bonds. The van der Waals surface area contributed by atoms with E-state index >= 15 is 0 Å². The first kappa shape index (κ1) is 14.0. The Morgan fingerprint density at radius 3 is 2.38 bits per heavy atom. The first-order valence-electron chi connectivity index (χ1n) is 5.95. The van der Waals surface area contributed by atoms with Gasteiger partial charge >= 0.3 is 0 Å². The largest absolute Gasteiger partial charge is 0.423 e. The molecule has 0 atom stereocenters. The number of rotatable bonds is 3. The van der Waals surface area contributed by atoms with Crippen molar-refractivity contribution in [2.24, 2.45) is 0 Å². The van der Waals surface area contributed by atoms with Gasteiger partial charge in [0.25, 0.3) is 0 Å². The average molecular weight is 365 g/mol. The predicted molar refractivity (Wildman–Crippen MR) is 79.3 cm³/mol. The molecule has 1 aromatic heterocycles. The van der Waals surface area contributed by atoms with Gasteiger partial charge in [-0.05, 0) is 36.4 Å². The van der Waals surface area contributed by atoms with Crippen LogP contribution < -0.4 is 0 Å². The molecule has 21 heavy (non-hydrogen) atoms. The molecule has 0 fully saturated rings. The summed E-state index contributed by atoms with van der Waals surface area (Å²) in [6.07, 6.45) is 1.17. The molecule has 0 spiro atoms. The quantitative estimate of drug-likeness (QED) is 0.712. The highest BCUT2D eigenvalue weighted by atomic mass is 79.9. The first-order chi connectivity index (χ1) is 10.1. The van der Waals surface area contributed by atoms with Gasteiger partial charge in [-0.3, -0.25) is 0 Å². The Balaban J connectivity index is 2.18. The van der Waals surface area contributed by atoms with E-state index in [2.05, 4.69) is 26.1 Å². The van der Waals surface area contributed by atoms with Crippen molar-refractivity contribution in [3.63, 3.8) is 0 Å². The average Bonchev–Trinajstić information content (AvgIpc) is 3.02. The third-order valence-electron chi connectivity index (χ3n) is 2.89. The van der Waals surface area contributed by atoms with E-state index in [-0.39, 0.29) is 15.7 Å². The number of benzene rings is 2. The van der Waals surface area contributed by atoms with Gasteiger partial charge in [0.15, 0.2) is 0 Å². The van der Waals surface area contributed by atoms with Gasteiger partial charge in [-0.25, -0.2) is 8.42 Å². The molecular weight excluding hydrogens is 356 g/mol. The lowest BCUT2D eigenvalue weighted by Crippen LogP contribution is -2.04. The van der Waals surface area contributed by atoms with Crippen molar-refractivity contribution in [3.05, 3.63) is 59.4 Å². The van der Waals surface area contributed by atoms with Crippen LogP contribution in [0.5, 0.6) is 0 Å². The normalized spacial score (nSPS) is 11.5. The number of hydrogen-bond acceptors (Lipinski definition) is 5. The molecule has 1 heterocycles. The summed E-state index contributed by atoms with van der Waals surface area (Å²) in [6, 6.07) is 13.0. The number of sulfone groups is 1. The molecule has 106 valence electrons. The van der Waals surface area contributed by atoms with Gasteiger partial charge in [0.1, 0.15) is 0 Å². The van der Waals surface area contributed by atoms with E-state index in [1.165, 1.54) is 12.5 Å². The van der Waals surface area contributed by atoms with Crippen LogP contribution in [0.25, 0.3) is 11.5 Å². The maximum atomic E-state index is 12.8. The standard InChI is InChI=1S/C14H9BrN2O3S/c15-10-5-7-11(8-6-10)21(18,19)13-4-2-1-3-12(13)14-17-16-9-20-14/h1-9H. The van der Waals surface area contributed by atoms with Crippen molar-refractivity contribution in [1.29, 1.82) is 0 Å². The fourth-order valence-electron chi connectivity index (χ4n) is 1.91. The zero-order chi connectivity index (χ0) is 14.9. The predicted octanol–water partition coefficient (Wildman–Crippen LogP) is 3.33. The highest BCUT2D eigenvalue weighted by Gasteiger charge is 2.23. The second-order valence-corrected chi connectivity index (χ2v) is 7.03. The van der Waals surface area contributed by atoms with Crippen LogP contribution in [0.4, 0.5) is 0 Å². The minimum Gasteiger partial charge on any atom is -0.423 e. The molecule has 7 heteroatoms. The van der Waals surface area contributed by atoms with Crippen molar-refractivity contribution < 1.29 is 12.8 Å². The smallest absolute Gasteiger partial charge is 0.248 e. The van der Waals surface area contributed by atoms with Crippen LogP contribution in [0.15, 0.2) is 73.6 Å². The van der Waals surface area contributed by atoms with Crippen molar-refractivity contribution in [2.45, 2.75) is 9.79 Å². The van der Waals surface area contributed by atoms with Gasteiger partial charge in [-0.2, -0.15) is 0 Å². The Hall–Kier alpha value is -1.99. The third-order valence-corrected chi connectivity index (χ3v) is 5.25. The van der Waals surface area contributed by atoms with Crippen LogP contribution >= 0.6 is 15.9 Å². The van der Waals surface area contributed by atoms with Crippen molar-refractivity contribution in [1.82, 2.24) is 10.2 Å². The summed E-state index contributed by atoms with van der Waals surface area (Å²) in [5, 5.41) is 7.37. The lowest BCUT2D eigenvalue weighted by molar-refractivity contribution is 0.565. The highest BCUT2D eigenvalue weighted by Crippen LogP contribution is 2.30. The van der Waals surface area contributed by atoms with Crippen LogP contribution in [0.2, 0.25) is 0 Å². The van der Waals surface area contributed by atoms with E-state index < -0.39 is 9.84 Å². The second-order valence-electron chi connectivity index (χ2n) is 4.20. The molecule has 0 aliphatic carbocycles. The van der Waals surface area contributed by atoms with Crippen molar-refractivity contribution in [2.75, 3.05) is 0 Å². The summed E-state index contributed by atoms with van der Waals surface area (Å²) >= 11 is 3.29. The van der Waals surface area contributed by atoms with Crippen LogP contribution in [0, 0.1) is 0 Å². The summed E-state index contributed by atoms with van der Waals surface area (Å²) in [4.78, 5) is 0.342. The summed E-state index contributed by atoms with van der Waals surface area (Å²) < 4.78 is 31.4. The number of hydrogen-bond donors (Lipinski definition) is 0. The molecule has 0 N–H and O–H groups in total. The van der Waals surface area contributed by atoms with Crippen molar-refractivity contribution in [3.8, 4) is 11.5 Å². The number of halogens is 1. The fourth-order valence-corrected chi connectivity index (χ4v) is 3.62. The number of aromatic nitrogens is 2. The van der Waals surface area contributed by atoms with Crippen LogP contribution in [0.3, 0.4) is 0 Å². The van der Waals surface area contributed by atoms with Crippen LogP contribution in [0.1, 0.15) is 0 Å². The Morgan fingerprint density at radius 1 is 1.00 bits per heavy atom. The lowest BCUT2D eigenvalue weighted by atomic mass is 10.2. The van der Waals surface area contributed by atoms with Gasteiger partial charge in [0.05, 0.1) is 15.4 Å². The SMILES string of the molecule is O=S(=O)(c1ccc(Br)cc1)c1ccccc1-c1nnco1. The Bertz CT molecular complexity index is 859. The van der Waals surface area contributed by atoms with Gasteiger partial charge in [-0.15, -0.1) is 10.2 Å². The molecular formula is C14H9BrN2O3S. The molecule has 0 aliphatic rings. The molecule has 0 bridgehead atoms. The molecule has 0 saturated heterocycles. The van der Waals surface area contributed by atoms with Gasteiger partial charge in [-0.1, -0.05) is 28.1 Å². The molecule has 0 aliphatic heterocycles. The maximum absolute atomic E-state index is 12.8. The van der Waals surface area contributed by atoms with E-state index in [0.29, 0.717) is 5.56 Å². The molecule has 2 aromatic carbocycles. The van der Waals surface area contributed by atoms with E-state index in [0.717, 1.165) is 4.47 Å². The van der Waals surface area contributed by atoms with Gasteiger partial charge in [0.2, 0.25) is 22.1 Å². The van der Waals surface area contributed by atoms with Gasteiger partial charge in [0, 0.05) is 4.47 Å². The van der Waals surface area contributed by atoms with E-state index in [1.54, 1.807) is 42.5 Å². The third kappa shape index (κ3) is 2.62. The molecule has 0 radical (unpaired) electrons.